The highest BCUT2D eigenvalue weighted by Crippen LogP contribution is 2.55. The van der Waals surface area contributed by atoms with E-state index in [1.807, 2.05) is 28.9 Å². The van der Waals surface area contributed by atoms with Crippen LogP contribution in [0.4, 0.5) is 0 Å². The molecule has 1 aromatic heterocycles. The number of hydrogen-bond acceptors (Lipinski definition) is 3. The second-order valence-electron chi connectivity index (χ2n) is 10.3. The van der Waals surface area contributed by atoms with Gasteiger partial charge in [-0.2, -0.15) is 5.10 Å². The number of halogens is 1. The standard InChI is InChI=1S/C29H32ClN3O2/c1-18-5-7-20(8-6-18)16-33-26(21-9-10-24(30)23(13-21)17-35-4)14-25(32-33)28(34)31-27-19(2)22-11-12-29(27,3)15-22/h5-10,13-14,22H,11-12,15-17H2,1-4H3,(H,31,34). The van der Waals surface area contributed by atoms with Crippen LogP contribution in [-0.4, -0.2) is 22.8 Å². The number of hydrogen-bond donors (Lipinski definition) is 1. The van der Waals surface area contributed by atoms with Crippen LogP contribution in [0.25, 0.3) is 11.3 Å². The predicted molar refractivity (Wildman–Crippen MR) is 139 cm³/mol. The van der Waals surface area contributed by atoms with Crippen LogP contribution in [0.15, 0.2) is 59.8 Å². The molecule has 2 unspecified atom stereocenters. The number of nitrogens with one attached hydrogen (secondary N) is 1. The van der Waals surface area contributed by atoms with Gasteiger partial charge in [0.2, 0.25) is 0 Å². The number of rotatable bonds is 7. The first-order valence-electron chi connectivity index (χ1n) is 12.2. The summed E-state index contributed by atoms with van der Waals surface area (Å²) in [5.74, 6) is 0.446. The molecule has 1 saturated carbocycles. The lowest BCUT2D eigenvalue weighted by molar-refractivity contribution is 0.0950. The molecule has 6 heteroatoms. The highest BCUT2D eigenvalue weighted by atomic mass is 35.5. The van der Waals surface area contributed by atoms with Crippen LogP contribution in [0, 0.1) is 18.3 Å². The smallest absolute Gasteiger partial charge is 0.275 e. The van der Waals surface area contributed by atoms with E-state index < -0.39 is 0 Å². The monoisotopic (exact) mass is 489 g/mol. The maximum Gasteiger partial charge on any atom is 0.275 e. The van der Waals surface area contributed by atoms with Crippen molar-refractivity contribution < 1.29 is 9.53 Å². The van der Waals surface area contributed by atoms with Gasteiger partial charge in [-0.3, -0.25) is 9.48 Å². The fourth-order valence-corrected chi connectivity index (χ4v) is 5.86. The molecule has 1 fully saturated rings. The lowest BCUT2D eigenvalue weighted by atomic mass is 9.85. The minimum atomic E-state index is -0.150. The van der Waals surface area contributed by atoms with E-state index in [4.69, 9.17) is 21.4 Å². The van der Waals surface area contributed by atoms with Crippen LogP contribution in [0.3, 0.4) is 0 Å². The van der Waals surface area contributed by atoms with Crippen LogP contribution in [-0.2, 0) is 17.9 Å². The van der Waals surface area contributed by atoms with Crippen molar-refractivity contribution in [3.8, 4) is 11.3 Å². The lowest BCUT2D eigenvalue weighted by Gasteiger charge is -2.27. The largest absolute Gasteiger partial charge is 0.380 e. The Labute approximate surface area is 212 Å². The Balaban J connectivity index is 1.51. The van der Waals surface area contributed by atoms with E-state index in [1.165, 1.54) is 17.6 Å². The molecule has 5 nitrogen and oxygen atoms in total. The zero-order valence-corrected chi connectivity index (χ0v) is 21.6. The molecule has 2 atom stereocenters. The number of fused-ring (bicyclic) bond motifs is 2. The van der Waals surface area contributed by atoms with Crippen LogP contribution in [0.1, 0.15) is 60.3 Å². The number of allylic oxidation sites excluding steroid dienone is 2. The fourth-order valence-electron chi connectivity index (χ4n) is 5.69. The summed E-state index contributed by atoms with van der Waals surface area (Å²) in [5.41, 5.74) is 7.96. The maximum absolute atomic E-state index is 13.4. The molecular weight excluding hydrogens is 458 g/mol. The SMILES string of the molecule is COCc1cc(-c2cc(C(=O)NC3=C(C)C4CCC3(C)C4)nn2Cc2ccc(C)cc2)ccc1Cl. The number of methoxy groups -OCH3 is 1. The minimum absolute atomic E-state index is 0.0724. The lowest BCUT2D eigenvalue weighted by Crippen LogP contribution is -2.32. The molecule has 2 aliphatic rings. The summed E-state index contributed by atoms with van der Waals surface area (Å²) in [7, 11) is 1.65. The summed E-state index contributed by atoms with van der Waals surface area (Å²) in [6.45, 7) is 7.48. The van der Waals surface area contributed by atoms with Gasteiger partial charge in [0.1, 0.15) is 0 Å². The van der Waals surface area contributed by atoms with Crippen molar-refractivity contribution in [3.05, 3.63) is 87.2 Å². The van der Waals surface area contributed by atoms with Crippen molar-refractivity contribution >= 4 is 17.5 Å². The van der Waals surface area contributed by atoms with Crippen LogP contribution in [0.2, 0.25) is 5.02 Å². The molecule has 1 heterocycles. The summed E-state index contributed by atoms with van der Waals surface area (Å²) in [5, 5.41) is 8.67. The highest BCUT2D eigenvalue weighted by molar-refractivity contribution is 6.31. The second-order valence-corrected chi connectivity index (χ2v) is 10.7. The third-order valence-corrected chi connectivity index (χ3v) is 8.07. The van der Waals surface area contributed by atoms with Crippen LogP contribution in [0.5, 0.6) is 0 Å². The van der Waals surface area contributed by atoms with Crippen LogP contribution >= 0.6 is 11.6 Å². The molecule has 0 spiro atoms. The van der Waals surface area contributed by atoms with Gasteiger partial charge in [-0.25, -0.2) is 0 Å². The maximum atomic E-state index is 13.4. The predicted octanol–water partition coefficient (Wildman–Crippen LogP) is 6.53. The van der Waals surface area contributed by atoms with E-state index in [9.17, 15) is 4.79 Å². The summed E-state index contributed by atoms with van der Waals surface area (Å²) in [6.07, 6.45) is 3.48. The normalized spacial score (nSPS) is 21.1. The third kappa shape index (κ3) is 4.55. The molecule has 3 aromatic rings. The number of aromatic nitrogens is 2. The Morgan fingerprint density at radius 1 is 1.20 bits per heavy atom. The van der Waals surface area contributed by atoms with Crippen molar-refractivity contribution in [1.29, 1.82) is 0 Å². The molecule has 182 valence electrons. The van der Waals surface area contributed by atoms with Gasteiger partial charge in [0.15, 0.2) is 5.69 Å². The van der Waals surface area contributed by atoms with Gasteiger partial charge in [0, 0.05) is 28.8 Å². The van der Waals surface area contributed by atoms with E-state index >= 15 is 0 Å². The summed E-state index contributed by atoms with van der Waals surface area (Å²) in [4.78, 5) is 13.4. The number of amides is 1. The molecule has 35 heavy (non-hydrogen) atoms. The molecule has 2 bridgehead atoms. The topological polar surface area (TPSA) is 56.1 Å². The molecule has 5 rings (SSSR count). The first-order valence-corrected chi connectivity index (χ1v) is 12.6. The van der Waals surface area contributed by atoms with E-state index in [0.29, 0.717) is 29.8 Å². The van der Waals surface area contributed by atoms with Gasteiger partial charge in [-0.15, -0.1) is 0 Å². The van der Waals surface area contributed by atoms with Crippen molar-refractivity contribution in [2.45, 2.75) is 53.2 Å². The number of carbonyl (C=O) groups excluding carboxylic acids is 1. The number of aryl methyl sites for hydroxylation is 1. The van der Waals surface area contributed by atoms with E-state index in [2.05, 4.69) is 50.4 Å². The summed E-state index contributed by atoms with van der Waals surface area (Å²) < 4.78 is 7.23. The Kier molecular flexibility index (Phi) is 6.32. The zero-order valence-electron chi connectivity index (χ0n) is 20.8. The molecule has 0 aliphatic heterocycles. The van der Waals surface area contributed by atoms with Crippen molar-refractivity contribution in [2.75, 3.05) is 7.11 Å². The average molecular weight is 490 g/mol. The first-order chi connectivity index (χ1) is 16.8. The molecule has 2 aliphatic carbocycles. The summed E-state index contributed by atoms with van der Waals surface area (Å²) >= 11 is 6.38. The molecule has 1 amide bonds. The molecule has 0 saturated heterocycles. The number of ether oxygens (including phenoxy) is 1. The van der Waals surface area contributed by atoms with Crippen LogP contribution < -0.4 is 5.32 Å². The zero-order chi connectivity index (χ0) is 24.7. The second kappa shape index (κ2) is 9.29. The van der Waals surface area contributed by atoms with Gasteiger partial charge >= 0.3 is 0 Å². The Hall–Kier alpha value is -2.89. The Morgan fingerprint density at radius 2 is 1.97 bits per heavy atom. The quantitative estimate of drug-likeness (QED) is 0.410. The van der Waals surface area contributed by atoms with E-state index in [0.717, 1.165) is 40.9 Å². The average Bonchev–Trinajstić information content (AvgIpc) is 3.50. The highest BCUT2D eigenvalue weighted by Gasteiger charge is 2.46. The van der Waals surface area contributed by atoms with Gasteiger partial charge in [0.05, 0.1) is 18.8 Å². The number of carbonyl (C=O) groups is 1. The third-order valence-electron chi connectivity index (χ3n) is 7.70. The van der Waals surface area contributed by atoms with Gasteiger partial charge in [-0.1, -0.05) is 60.0 Å². The molecule has 2 aromatic carbocycles. The first kappa shape index (κ1) is 23.8. The number of benzene rings is 2. The number of nitrogens with zero attached hydrogens (tertiary/aromatic N) is 2. The van der Waals surface area contributed by atoms with E-state index in [-0.39, 0.29) is 11.3 Å². The Bertz CT molecular complexity index is 1310. The van der Waals surface area contributed by atoms with Gasteiger partial charge in [0.25, 0.3) is 5.91 Å². The minimum Gasteiger partial charge on any atom is -0.380 e. The molecular formula is C29H32ClN3O2. The van der Waals surface area contributed by atoms with Crippen molar-refractivity contribution in [1.82, 2.24) is 15.1 Å². The molecule has 1 N–H and O–H groups in total. The van der Waals surface area contributed by atoms with Crippen molar-refractivity contribution in [3.63, 3.8) is 0 Å². The van der Waals surface area contributed by atoms with Gasteiger partial charge in [-0.05, 0) is 68.4 Å². The van der Waals surface area contributed by atoms with Crippen molar-refractivity contribution in [2.24, 2.45) is 11.3 Å². The van der Waals surface area contributed by atoms with E-state index in [1.54, 1.807) is 7.11 Å². The summed E-state index contributed by atoms with van der Waals surface area (Å²) in [6, 6.07) is 16.1. The Morgan fingerprint density at radius 3 is 2.66 bits per heavy atom. The fraction of sp³-hybridized carbons (Fsp3) is 0.379. The van der Waals surface area contributed by atoms with Gasteiger partial charge < -0.3 is 10.1 Å². The molecule has 0 radical (unpaired) electrons.